The Balaban J connectivity index is 0.000000133. The Morgan fingerprint density at radius 1 is 0.443 bits per heavy atom. The normalized spacial score (nSPS) is 11.5. The lowest BCUT2D eigenvalue weighted by atomic mass is 10.1. The standard InChI is InChI=1S/C24H25N5O3.C23H21ClN6O4.C22H22N6O3.C17H17N7O/c1-14-12-16(23(30)29(2)3)8-11-19(14)26-24-27-21-20(22(28-24)32-5)18(13-25-21)15-6-9-17(31-4)10-7-15;1-32-17-7-13(21(31)27-14-10-34-11-14)3-4-16(17)28-23-29-20-19(22(30-23)33-2)15(9-26-20)12-5-6-25-18(24)8-12;1-28(2)21(29)14-5-6-16(17(11-14)30-3)25-22-26-19-18(20(27-22)31-4)15(12-24-19)13-7-9-23-10-8-13;1-10-13(9-24(2)23-10)20-17-21-15-14(16(22-17)25-3)12(8-19-15)11-4-6-18-7-5-11/h6-13H,1-5H3,(H2,25,26,27,28);3-9,14H,10-11H2,1-2H3,(H,27,31)(H2,26,28,29,30);5-12H,1-4H3,(H2,24,25,26,27);4-9H,1-3H3,(H2,19,20,21,22). The summed E-state index contributed by atoms with van der Waals surface area (Å²) in [5.74, 6) is 4.66. The number of aromatic nitrogens is 17. The lowest BCUT2D eigenvalue weighted by Crippen LogP contribution is -2.48. The molecule has 12 aromatic heterocycles. The van der Waals surface area contributed by atoms with Gasteiger partial charge in [-0.25, -0.2) is 4.98 Å². The monoisotopic (exact) mass is 1660 g/mol. The summed E-state index contributed by atoms with van der Waals surface area (Å²) in [6.45, 7) is 4.91. The summed E-state index contributed by atoms with van der Waals surface area (Å²) >= 11 is 6.06. The highest BCUT2D eigenvalue weighted by Gasteiger charge is 2.26. The Bertz CT molecular complexity index is 6470. The summed E-state index contributed by atoms with van der Waals surface area (Å²) in [5, 5.41) is 23.5. The Morgan fingerprint density at radius 3 is 1.20 bits per heavy atom. The molecule has 1 aliphatic rings. The number of fused-ring (bicyclic) bond motifs is 4. The number of methoxy groups -OCH3 is 7. The molecule has 13 heterocycles. The number of pyridine rings is 3. The molecule has 9 N–H and O–H groups in total. The maximum Gasteiger partial charge on any atom is 0.253 e. The number of rotatable bonds is 23. The summed E-state index contributed by atoms with van der Waals surface area (Å²) in [6, 6.07) is 34.9. The van der Waals surface area contributed by atoms with Gasteiger partial charge in [0.2, 0.25) is 47.3 Å². The highest BCUT2D eigenvalue weighted by molar-refractivity contribution is 6.29. The molecule has 1 aliphatic heterocycles. The van der Waals surface area contributed by atoms with Gasteiger partial charge in [-0.15, -0.1) is 0 Å². The molecule has 17 rings (SSSR count). The van der Waals surface area contributed by atoms with Crippen molar-refractivity contribution >= 4 is 120 Å². The van der Waals surface area contributed by atoms with Gasteiger partial charge in [-0.2, -0.15) is 45.0 Å². The van der Waals surface area contributed by atoms with Crippen LogP contribution in [0.1, 0.15) is 42.3 Å². The highest BCUT2D eigenvalue weighted by atomic mass is 35.5. The van der Waals surface area contributed by atoms with Crippen molar-refractivity contribution in [3.05, 3.63) is 210 Å². The Morgan fingerprint density at radius 2 is 0.828 bits per heavy atom. The van der Waals surface area contributed by atoms with Crippen molar-refractivity contribution in [2.24, 2.45) is 7.05 Å². The van der Waals surface area contributed by atoms with Crippen LogP contribution in [-0.2, 0) is 11.8 Å². The van der Waals surface area contributed by atoms with E-state index < -0.39 is 0 Å². The fourth-order valence-electron chi connectivity index (χ4n) is 13.2. The average Bonchev–Trinajstić information content (AvgIpc) is 1.63. The van der Waals surface area contributed by atoms with Gasteiger partial charge in [0.15, 0.2) is 0 Å². The number of carbonyl (C=O) groups excluding carboxylic acids is 3. The molecule has 0 spiro atoms. The Labute approximate surface area is 703 Å². The second-order valence-electron chi connectivity index (χ2n) is 27.8. The van der Waals surface area contributed by atoms with Crippen LogP contribution in [0.25, 0.3) is 88.6 Å². The summed E-state index contributed by atoms with van der Waals surface area (Å²) < 4.78 is 45.3. The van der Waals surface area contributed by atoms with Gasteiger partial charge >= 0.3 is 0 Å². The second-order valence-corrected chi connectivity index (χ2v) is 28.2. The maximum absolute atomic E-state index is 12.5. The first-order chi connectivity index (χ1) is 59.1. The van der Waals surface area contributed by atoms with Gasteiger partial charge in [-0.1, -0.05) is 23.7 Å². The molecule has 0 aliphatic carbocycles. The molecule has 622 valence electrons. The Kier molecular flexibility index (Phi) is 25.1. The van der Waals surface area contributed by atoms with Gasteiger partial charge in [0.1, 0.15) is 45.0 Å². The minimum atomic E-state index is -0.187. The third-order valence-electron chi connectivity index (χ3n) is 19.4. The predicted octanol–water partition coefficient (Wildman–Crippen LogP) is 14.3. The van der Waals surface area contributed by atoms with E-state index in [-0.39, 0.29) is 23.8 Å². The van der Waals surface area contributed by atoms with Gasteiger partial charge in [-0.3, -0.25) is 29.0 Å². The first-order valence-corrected chi connectivity index (χ1v) is 38.2. The molecule has 35 nitrogen and oxygen atoms in total. The number of amides is 3. The lowest BCUT2D eigenvalue weighted by molar-refractivity contribution is -0.00346. The van der Waals surface area contributed by atoms with Gasteiger partial charge < -0.3 is 94.2 Å². The number of nitrogens with one attached hydrogen (secondary N) is 9. The van der Waals surface area contributed by atoms with E-state index in [0.717, 1.165) is 89.0 Å². The summed E-state index contributed by atoms with van der Waals surface area (Å²) in [5.41, 5.74) is 16.4. The maximum atomic E-state index is 12.5. The average molecular weight is 1670 g/mol. The third-order valence-corrected chi connectivity index (χ3v) is 19.6. The van der Waals surface area contributed by atoms with Crippen LogP contribution in [0.2, 0.25) is 5.15 Å². The van der Waals surface area contributed by atoms with Crippen molar-refractivity contribution in [2.75, 3.05) is 112 Å². The highest BCUT2D eigenvalue weighted by Crippen LogP contribution is 2.41. The molecule has 1 saturated heterocycles. The van der Waals surface area contributed by atoms with Crippen LogP contribution in [0.15, 0.2) is 177 Å². The van der Waals surface area contributed by atoms with E-state index in [1.165, 1.54) is 12.0 Å². The van der Waals surface area contributed by atoms with Crippen molar-refractivity contribution in [2.45, 2.75) is 19.9 Å². The zero-order chi connectivity index (χ0) is 85.8. The molecular formula is C86H85ClN24O11. The molecule has 122 heavy (non-hydrogen) atoms. The molecule has 3 amide bonds. The molecule has 36 heteroatoms. The predicted molar refractivity (Wildman–Crippen MR) is 465 cm³/mol. The minimum Gasteiger partial charge on any atom is -0.497 e. The number of hydrogen-bond donors (Lipinski definition) is 9. The van der Waals surface area contributed by atoms with Crippen LogP contribution in [0, 0.1) is 13.8 Å². The van der Waals surface area contributed by atoms with Crippen LogP contribution in [0.5, 0.6) is 40.8 Å². The van der Waals surface area contributed by atoms with Crippen LogP contribution in [0.4, 0.5) is 46.5 Å². The van der Waals surface area contributed by atoms with E-state index >= 15 is 0 Å². The number of ether oxygens (including phenoxy) is 8. The van der Waals surface area contributed by atoms with E-state index in [4.69, 9.17) is 49.5 Å². The molecule has 1 fully saturated rings. The van der Waals surface area contributed by atoms with Crippen molar-refractivity contribution in [3.8, 4) is 85.3 Å². The molecule has 4 aromatic carbocycles. The van der Waals surface area contributed by atoms with Crippen LogP contribution >= 0.6 is 11.6 Å². The van der Waals surface area contributed by atoms with E-state index in [1.807, 2.05) is 119 Å². The summed E-state index contributed by atoms with van der Waals surface area (Å²) in [7, 11) is 19.7. The molecular weight excluding hydrogens is 1580 g/mol. The quantitative estimate of drug-likeness (QED) is 0.0269. The smallest absolute Gasteiger partial charge is 0.253 e. The number of halogens is 1. The molecule has 0 saturated carbocycles. The van der Waals surface area contributed by atoms with Crippen LogP contribution < -0.4 is 59.7 Å². The van der Waals surface area contributed by atoms with Crippen LogP contribution in [-0.4, -0.2) is 209 Å². The molecule has 0 unspecified atom stereocenters. The van der Waals surface area contributed by atoms with Gasteiger partial charge in [0.05, 0.1) is 113 Å². The van der Waals surface area contributed by atoms with Gasteiger partial charge in [0, 0.05) is 142 Å². The van der Waals surface area contributed by atoms with Gasteiger partial charge in [0.25, 0.3) is 17.7 Å². The first kappa shape index (κ1) is 83.0. The topological polar surface area (TPSA) is 414 Å². The number of nitrogens with zero attached hydrogens (tertiary/aromatic N) is 15. The number of aromatic amines is 4. The summed E-state index contributed by atoms with van der Waals surface area (Å²) in [6.07, 6.45) is 18.0. The fraction of sp³-hybridized carbons (Fsp3) is 0.198. The largest absolute Gasteiger partial charge is 0.497 e. The van der Waals surface area contributed by atoms with Crippen molar-refractivity contribution < 1.29 is 52.3 Å². The third kappa shape index (κ3) is 18.3. The number of anilines is 8. The van der Waals surface area contributed by atoms with Crippen LogP contribution in [0.3, 0.4) is 0 Å². The number of hydrogen-bond acceptors (Lipinski definition) is 27. The summed E-state index contributed by atoms with van der Waals surface area (Å²) in [4.78, 5) is 101. The zero-order valence-corrected chi connectivity index (χ0v) is 69.6. The second kappa shape index (κ2) is 37.0. The van der Waals surface area contributed by atoms with E-state index in [1.54, 1.807) is 160 Å². The van der Waals surface area contributed by atoms with Crippen molar-refractivity contribution in [3.63, 3.8) is 0 Å². The zero-order valence-electron chi connectivity index (χ0n) is 68.8. The first-order valence-electron chi connectivity index (χ1n) is 37.8. The van der Waals surface area contributed by atoms with E-state index in [9.17, 15) is 14.4 Å². The molecule has 16 aromatic rings. The molecule has 0 radical (unpaired) electrons. The number of benzene rings is 4. The van der Waals surface area contributed by atoms with Crippen molar-refractivity contribution in [1.29, 1.82) is 0 Å². The molecule has 0 bridgehead atoms. The van der Waals surface area contributed by atoms with E-state index in [2.05, 4.69) is 106 Å². The van der Waals surface area contributed by atoms with E-state index in [0.29, 0.717) is 133 Å². The fourth-order valence-corrected chi connectivity index (χ4v) is 13.4. The number of H-pyrrole nitrogens is 4. The lowest BCUT2D eigenvalue weighted by Gasteiger charge is -2.26. The number of carbonyl (C=O) groups is 3. The Hall–Kier alpha value is -15.5. The van der Waals surface area contributed by atoms with Gasteiger partial charge in [-0.05, 0) is 145 Å². The number of aryl methyl sites for hydroxylation is 3. The molecule has 0 atom stereocenters. The SMILES string of the molecule is COc1cc(C(=O)N(C)C)ccc1Nc1nc(OC)c2c(-c3ccncc3)c[nH]c2n1.COc1cc(C(=O)NC2COC2)ccc1Nc1nc(OC)c2c(-c3ccnc(Cl)c3)c[nH]c2n1.COc1ccc(-c2c[nH]c3nc(Nc4ccc(C(=O)N(C)C)cc4C)nc(OC)c23)cc1.COc1nc(Nc2cn(C)nc2C)nc2[nH]cc(-c3ccncc3)c12. The minimum absolute atomic E-state index is 0.0396. The van der Waals surface area contributed by atoms with Crippen molar-refractivity contribution in [1.82, 2.24) is 99.7 Å².